The van der Waals surface area contributed by atoms with E-state index in [1.54, 1.807) is 20.4 Å². The van der Waals surface area contributed by atoms with Crippen LogP contribution in [0.5, 0.6) is 11.5 Å². The Kier molecular flexibility index (Phi) is 5.40. The van der Waals surface area contributed by atoms with Crippen LogP contribution in [0, 0.1) is 0 Å². The summed E-state index contributed by atoms with van der Waals surface area (Å²) in [6.07, 6.45) is 3.23. The molecule has 2 aromatic carbocycles. The number of ether oxygens (including phenoxy) is 2. The zero-order valence-corrected chi connectivity index (χ0v) is 14.4. The van der Waals surface area contributed by atoms with Crippen molar-refractivity contribution in [3.63, 3.8) is 0 Å². The Morgan fingerprint density at radius 3 is 2.72 bits per heavy atom. The summed E-state index contributed by atoms with van der Waals surface area (Å²) in [7, 11) is 3.34. The van der Waals surface area contributed by atoms with Crippen LogP contribution in [0.3, 0.4) is 0 Å². The number of aromatic amines is 1. The Bertz CT molecular complexity index is 898. The van der Waals surface area contributed by atoms with Gasteiger partial charge in [-0.2, -0.15) is 0 Å². The third kappa shape index (κ3) is 4.03. The molecule has 0 saturated heterocycles. The maximum atomic E-state index is 10.9. The largest absolute Gasteiger partial charge is 0.497 e. The highest BCUT2D eigenvalue weighted by molar-refractivity contribution is 5.92. The first kappa shape index (κ1) is 17.1. The summed E-state index contributed by atoms with van der Waals surface area (Å²) in [6.45, 7) is 1.57. The highest BCUT2D eigenvalue weighted by Crippen LogP contribution is 2.31. The van der Waals surface area contributed by atoms with Crippen molar-refractivity contribution < 1.29 is 13.9 Å². The van der Waals surface area contributed by atoms with Crippen LogP contribution >= 0.6 is 0 Å². The summed E-state index contributed by atoms with van der Waals surface area (Å²) in [5, 5.41) is 5.61. The van der Waals surface area contributed by atoms with E-state index in [-0.39, 0.29) is 0 Å². The average molecular weight is 342 g/mol. The quantitative estimate of drug-likeness (QED) is 0.616. The minimum Gasteiger partial charge on any atom is -0.497 e. The Balaban J connectivity index is 1.65. The first-order valence-electron chi connectivity index (χ1n) is 8.23. The molecule has 0 bridgehead atoms. The van der Waals surface area contributed by atoms with Crippen molar-refractivity contribution in [2.75, 3.05) is 20.8 Å². The van der Waals surface area contributed by atoms with E-state index in [1.807, 2.05) is 24.3 Å². The number of H-pyrrole nitrogens is 1. The van der Waals surface area contributed by atoms with Crippen LogP contribution in [0.2, 0.25) is 0 Å². The second-order valence-corrected chi connectivity index (χ2v) is 5.76. The molecule has 1 aromatic heterocycles. The second-order valence-electron chi connectivity index (χ2n) is 5.76. The van der Waals surface area contributed by atoms with Gasteiger partial charge >= 0.3 is 5.76 Å². The molecule has 0 spiro atoms. The molecular formula is C19H22N2O4. The molecule has 1 heterocycles. The number of methoxy groups -OCH3 is 2. The van der Waals surface area contributed by atoms with Gasteiger partial charge in [0.15, 0.2) is 0 Å². The number of aromatic nitrogens is 1. The third-order valence-electron chi connectivity index (χ3n) is 4.16. The number of fused-ring (bicyclic) bond motifs is 1. The van der Waals surface area contributed by atoms with Gasteiger partial charge < -0.3 is 19.2 Å². The predicted molar refractivity (Wildman–Crippen MR) is 96.4 cm³/mol. The van der Waals surface area contributed by atoms with Crippen molar-refractivity contribution in [2.45, 2.75) is 19.4 Å². The number of aryl methyl sites for hydroxylation is 1. The first-order valence-corrected chi connectivity index (χ1v) is 8.23. The highest BCUT2D eigenvalue weighted by atomic mass is 16.5. The fraction of sp³-hybridized carbons (Fsp3) is 0.316. The maximum absolute atomic E-state index is 10.9. The van der Waals surface area contributed by atoms with E-state index >= 15 is 0 Å². The molecule has 0 unspecified atom stereocenters. The Labute approximate surface area is 145 Å². The molecule has 3 aromatic rings. The molecule has 0 aliphatic heterocycles. The molecule has 0 aliphatic rings. The van der Waals surface area contributed by atoms with Crippen LogP contribution in [0.15, 0.2) is 45.7 Å². The number of benzene rings is 2. The number of oxazole rings is 1. The van der Waals surface area contributed by atoms with E-state index in [1.165, 1.54) is 5.56 Å². The van der Waals surface area contributed by atoms with E-state index in [2.05, 4.69) is 16.4 Å². The molecule has 2 N–H and O–H groups in total. The molecule has 6 heteroatoms. The third-order valence-corrected chi connectivity index (χ3v) is 4.16. The summed E-state index contributed by atoms with van der Waals surface area (Å²) in [5.41, 5.74) is 1.18. The SMILES string of the molecule is COc1ccc2c(OC)ccc(CNCCCc3c[nH]c(=O)o3)c2c1. The maximum Gasteiger partial charge on any atom is 0.416 e. The zero-order chi connectivity index (χ0) is 17.6. The lowest BCUT2D eigenvalue weighted by molar-refractivity contribution is 0.414. The van der Waals surface area contributed by atoms with Gasteiger partial charge in [0.2, 0.25) is 0 Å². The lowest BCUT2D eigenvalue weighted by Crippen LogP contribution is -2.15. The second kappa shape index (κ2) is 7.90. The molecule has 25 heavy (non-hydrogen) atoms. The van der Waals surface area contributed by atoms with Crippen molar-refractivity contribution in [1.82, 2.24) is 10.3 Å². The fourth-order valence-electron chi connectivity index (χ4n) is 2.87. The van der Waals surface area contributed by atoms with Gasteiger partial charge in [0.05, 0.1) is 14.2 Å². The van der Waals surface area contributed by atoms with E-state index in [0.29, 0.717) is 5.76 Å². The van der Waals surface area contributed by atoms with Crippen LogP contribution in [0.4, 0.5) is 0 Å². The summed E-state index contributed by atoms with van der Waals surface area (Å²) in [5.74, 6) is 1.96. The van der Waals surface area contributed by atoms with Crippen molar-refractivity contribution >= 4 is 10.8 Å². The Hall–Kier alpha value is -2.73. The van der Waals surface area contributed by atoms with Crippen LogP contribution < -0.4 is 20.5 Å². The molecule has 6 nitrogen and oxygen atoms in total. The molecule has 132 valence electrons. The molecule has 0 fully saturated rings. The molecule has 0 radical (unpaired) electrons. The van der Waals surface area contributed by atoms with E-state index < -0.39 is 5.76 Å². The topological polar surface area (TPSA) is 76.5 Å². The number of hydrogen-bond donors (Lipinski definition) is 2. The molecule has 3 rings (SSSR count). The van der Waals surface area contributed by atoms with Crippen LogP contribution in [-0.4, -0.2) is 25.7 Å². The minimum absolute atomic E-state index is 0.401. The normalized spacial score (nSPS) is 11.0. The summed E-state index contributed by atoms with van der Waals surface area (Å²) in [4.78, 5) is 13.4. The summed E-state index contributed by atoms with van der Waals surface area (Å²) in [6, 6.07) is 10.0. The average Bonchev–Trinajstić information content (AvgIpc) is 3.06. The number of rotatable bonds is 8. The van der Waals surface area contributed by atoms with Crippen LogP contribution in [0.25, 0.3) is 10.8 Å². The van der Waals surface area contributed by atoms with E-state index in [0.717, 1.165) is 48.2 Å². The van der Waals surface area contributed by atoms with Gasteiger partial charge in [-0.05, 0) is 48.2 Å². The number of nitrogens with one attached hydrogen (secondary N) is 2. The van der Waals surface area contributed by atoms with Crippen LogP contribution in [0.1, 0.15) is 17.7 Å². The Morgan fingerprint density at radius 1 is 1.12 bits per heavy atom. The standard InChI is InChI=1S/C19H22N2O4/c1-23-14-6-7-16-17(10-14)13(5-8-18(16)24-2)11-20-9-3-4-15-12-21-19(22)25-15/h5-8,10,12,20H,3-4,9,11H2,1-2H3,(H,21,22). The van der Waals surface area contributed by atoms with Crippen LogP contribution in [-0.2, 0) is 13.0 Å². The molecule has 0 amide bonds. The van der Waals surface area contributed by atoms with Crippen molar-refractivity contribution in [3.8, 4) is 11.5 Å². The monoisotopic (exact) mass is 342 g/mol. The minimum atomic E-state index is -0.401. The van der Waals surface area contributed by atoms with E-state index in [4.69, 9.17) is 13.9 Å². The highest BCUT2D eigenvalue weighted by Gasteiger charge is 2.08. The van der Waals surface area contributed by atoms with Gasteiger partial charge in [-0.1, -0.05) is 6.07 Å². The van der Waals surface area contributed by atoms with Gasteiger partial charge in [0.1, 0.15) is 17.3 Å². The van der Waals surface area contributed by atoms with Crippen molar-refractivity contribution in [2.24, 2.45) is 0 Å². The predicted octanol–water partition coefficient (Wildman–Crippen LogP) is 2.86. The molecular weight excluding hydrogens is 320 g/mol. The molecule has 0 saturated carbocycles. The lowest BCUT2D eigenvalue weighted by atomic mass is 10.0. The Morgan fingerprint density at radius 2 is 2.00 bits per heavy atom. The van der Waals surface area contributed by atoms with Gasteiger partial charge in [-0.3, -0.25) is 4.98 Å². The number of hydrogen-bond acceptors (Lipinski definition) is 5. The van der Waals surface area contributed by atoms with E-state index in [9.17, 15) is 4.79 Å². The summed E-state index contributed by atoms with van der Waals surface area (Å²) < 4.78 is 15.8. The van der Waals surface area contributed by atoms with Gasteiger partial charge in [-0.25, -0.2) is 4.79 Å². The van der Waals surface area contributed by atoms with Crippen molar-refractivity contribution in [1.29, 1.82) is 0 Å². The first-order chi connectivity index (χ1) is 12.2. The lowest BCUT2D eigenvalue weighted by Gasteiger charge is -2.12. The van der Waals surface area contributed by atoms with Gasteiger partial charge in [0, 0.05) is 24.5 Å². The fourth-order valence-corrected chi connectivity index (χ4v) is 2.87. The summed E-state index contributed by atoms with van der Waals surface area (Å²) >= 11 is 0. The zero-order valence-electron chi connectivity index (χ0n) is 14.4. The van der Waals surface area contributed by atoms with Gasteiger partial charge in [-0.15, -0.1) is 0 Å². The molecule has 0 aliphatic carbocycles. The molecule has 0 atom stereocenters. The smallest absolute Gasteiger partial charge is 0.416 e. The van der Waals surface area contributed by atoms with Crippen molar-refractivity contribution in [3.05, 3.63) is 58.4 Å². The van der Waals surface area contributed by atoms with Gasteiger partial charge in [0.25, 0.3) is 0 Å².